The number of pyridine rings is 1. The molecular weight excluding hydrogens is 298 g/mol. The largest absolute Gasteiger partial charge is 0.282 e. The highest BCUT2D eigenvalue weighted by molar-refractivity contribution is 6.07. The zero-order valence-corrected chi connectivity index (χ0v) is 13.7. The molecular formula is C19H19N5. The summed E-state index contributed by atoms with van der Waals surface area (Å²) < 4.78 is 0. The van der Waals surface area contributed by atoms with Gasteiger partial charge in [-0.2, -0.15) is 10.2 Å². The summed E-state index contributed by atoms with van der Waals surface area (Å²) in [5.41, 5.74) is 8.31. The van der Waals surface area contributed by atoms with Gasteiger partial charge in [-0.15, -0.1) is 0 Å². The third-order valence-corrected chi connectivity index (χ3v) is 5.22. The molecule has 24 heavy (non-hydrogen) atoms. The van der Waals surface area contributed by atoms with Crippen LogP contribution in [0.25, 0.3) is 33.1 Å². The Labute approximate surface area is 139 Å². The summed E-state index contributed by atoms with van der Waals surface area (Å²) >= 11 is 0. The lowest BCUT2D eigenvalue weighted by atomic mass is 9.92. The first kappa shape index (κ1) is 13.7. The Morgan fingerprint density at radius 2 is 1.75 bits per heavy atom. The SMILES string of the molecule is Cc1[nH]ncc1-c1nc2ccc3[nH]ncc3c2c2c1CCCCC2. The van der Waals surface area contributed by atoms with Crippen molar-refractivity contribution in [3.63, 3.8) is 0 Å². The van der Waals surface area contributed by atoms with Crippen molar-refractivity contribution in [3.05, 3.63) is 41.3 Å². The number of aromatic nitrogens is 5. The first-order chi connectivity index (χ1) is 11.8. The van der Waals surface area contributed by atoms with E-state index in [1.807, 2.05) is 12.4 Å². The number of aryl methyl sites for hydroxylation is 2. The molecule has 3 heterocycles. The predicted molar refractivity (Wildman–Crippen MR) is 95.0 cm³/mol. The van der Waals surface area contributed by atoms with E-state index in [0.29, 0.717) is 0 Å². The summed E-state index contributed by atoms with van der Waals surface area (Å²) in [7, 11) is 0. The number of H-pyrrole nitrogens is 2. The van der Waals surface area contributed by atoms with Gasteiger partial charge in [-0.1, -0.05) is 6.42 Å². The van der Waals surface area contributed by atoms with Gasteiger partial charge in [0.25, 0.3) is 0 Å². The summed E-state index contributed by atoms with van der Waals surface area (Å²) in [6.45, 7) is 2.07. The molecule has 0 saturated carbocycles. The van der Waals surface area contributed by atoms with Crippen LogP contribution in [0.2, 0.25) is 0 Å². The van der Waals surface area contributed by atoms with Crippen LogP contribution in [-0.2, 0) is 12.8 Å². The first-order valence-corrected chi connectivity index (χ1v) is 8.61. The smallest absolute Gasteiger partial charge is 0.0778 e. The molecule has 0 bridgehead atoms. The third kappa shape index (κ3) is 1.90. The zero-order valence-electron chi connectivity index (χ0n) is 13.7. The van der Waals surface area contributed by atoms with E-state index >= 15 is 0 Å². The fraction of sp³-hybridized carbons (Fsp3) is 0.316. The minimum absolute atomic E-state index is 1.06. The third-order valence-electron chi connectivity index (χ3n) is 5.22. The van der Waals surface area contributed by atoms with Crippen molar-refractivity contribution in [2.75, 3.05) is 0 Å². The van der Waals surface area contributed by atoms with E-state index in [0.717, 1.165) is 40.8 Å². The molecule has 1 aliphatic carbocycles. The highest BCUT2D eigenvalue weighted by Gasteiger charge is 2.21. The van der Waals surface area contributed by atoms with Crippen molar-refractivity contribution in [1.82, 2.24) is 25.4 Å². The van der Waals surface area contributed by atoms with Gasteiger partial charge in [0, 0.05) is 22.0 Å². The molecule has 0 saturated heterocycles. The summed E-state index contributed by atoms with van der Waals surface area (Å²) in [4.78, 5) is 5.06. The molecule has 1 aromatic carbocycles. The Hall–Kier alpha value is -2.69. The van der Waals surface area contributed by atoms with Crippen molar-refractivity contribution >= 4 is 21.8 Å². The number of nitrogens with one attached hydrogen (secondary N) is 2. The second-order valence-corrected chi connectivity index (χ2v) is 6.68. The van der Waals surface area contributed by atoms with Crippen molar-refractivity contribution in [2.45, 2.75) is 39.0 Å². The molecule has 0 spiro atoms. The van der Waals surface area contributed by atoms with E-state index in [1.54, 1.807) is 0 Å². The molecule has 2 N–H and O–H groups in total. The molecule has 0 fully saturated rings. The number of hydrogen-bond acceptors (Lipinski definition) is 3. The molecule has 5 rings (SSSR count). The van der Waals surface area contributed by atoms with Crippen LogP contribution in [0.3, 0.4) is 0 Å². The molecule has 3 aromatic heterocycles. The monoisotopic (exact) mass is 317 g/mol. The van der Waals surface area contributed by atoms with Gasteiger partial charge >= 0.3 is 0 Å². The van der Waals surface area contributed by atoms with Crippen LogP contribution in [0.15, 0.2) is 24.5 Å². The van der Waals surface area contributed by atoms with Crippen LogP contribution < -0.4 is 0 Å². The van der Waals surface area contributed by atoms with Crippen LogP contribution in [0.4, 0.5) is 0 Å². The maximum Gasteiger partial charge on any atom is 0.0778 e. The standard InChI is InChI=1S/C19H19N5/c1-11-14(9-20-23-11)19-13-6-4-2-3-5-12(13)18-15-10-21-24-16(15)7-8-17(18)22-19/h7-10H,2-6H2,1H3,(H,20,23)(H,21,24). The average Bonchev–Trinajstić information content (AvgIpc) is 3.16. The van der Waals surface area contributed by atoms with Crippen molar-refractivity contribution in [2.24, 2.45) is 0 Å². The Balaban J connectivity index is 1.93. The number of hydrogen-bond donors (Lipinski definition) is 2. The van der Waals surface area contributed by atoms with Gasteiger partial charge in [0.2, 0.25) is 0 Å². The highest BCUT2D eigenvalue weighted by atomic mass is 15.1. The van der Waals surface area contributed by atoms with Gasteiger partial charge in [-0.3, -0.25) is 10.2 Å². The lowest BCUT2D eigenvalue weighted by Crippen LogP contribution is -2.01. The summed E-state index contributed by atoms with van der Waals surface area (Å²) in [5.74, 6) is 0. The zero-order chi connectivity index (χ0) is 16.1. The minimum Gasteiger partial charge on any atom is -0.282 e. The molecule has 1 aliphatic rings. The Bertz CT molecular complexity index is 1060. The summed E-state index contributed by atoms with van der Waals surface area (Å²) in [6, 6.07) is 4.19. The van der Waals surface area contributed by atoms with E-state index < -0.39 is 0 Å². The van der Waals surface area contributed by atoms with Crippen molar-refractivity contribution < 1.29 is 0 Å². The fourth-order valence-corrected chi connectivity index (χ4v) is 4.04. The van der Waals surface area contributed by atoms with E-state index in [2.05, 4.69) is 39.5 Å². The Morgan fingerprint density at radius 1 is 0.917 bits per heavy atom. The van der Waals surface area contributed by atoms with Gasteiger partial charge in [-0.05, 0) is 55.9 Å². The molecule has 0 amide bonds. The molecule has 0 unspecified atom stereocenters. The first-order valence-electron chi connectivity index (χ1n) is 8.61. The van der Waals surface area contributed by atoms with Crippen LogP contribution in [-0.4, -0.2) is 25.4 Å². The number of nitrogens with zero attached hydrogens (tertiary/aromatic N) is 3. The average molecular weight is 317 g/mol. The van der Waals surface area contributed by atoms with E-state index in [-0.39, 0.29) is 0 Å². The lowest BCUT2D eigenvalue weighted by molar-refractivity contribution is 0.712. The van der Waals surface area contributed by atoms with E-state index in [9.17, 15) is 0 Å². The van der Waals surface area contributed by atoms with Gasteiger partial charge in [0.05, 0.1) is 29.1 Å². The van der Waals surface area contributed by atoms with Crippen LogP contribution in [0.5, 0.6) is 0 Å². The second kappa shape index (κ2) is 5.16. The molecule has 0 radical (unpaired) electrons. The van der Waals surface area contributed by atoms with Crippen molar-refractivity contribution in [3.8, 4) is 11.3 Å². The summed E-state index contributed by atoms with van der Waals surface area (Å²) in [5, 5.41) is 17.1. The van der Waals surface area contributed by atoms with Crippen LogP contribution in [0.1, 0.15) is 36.1 Å². The lowest BCUT2D eigenvalue weighted by Gasteiger charge is -2.15. The molecule has 5 heteroatoms. The minimum atomic E-state index is 1.06. The number of aromatic amines is 2. The van der Waals surface area contributed by atoms with Gasteiger partial charge in [0.15, 0.2) is 0 Å². The number of fused-ring (bicyclic) bond motifs is 5. The van der Waals surface area contributed by atoms with E-state index in [1.165, 1.54) is 41.2 Å². The molecule has 0 aliphatic heterocycles. The van der Waals surface area contributed by atoms with Gasteiger partial charge < -0.3 is 0 Å². The normalized spacial score (nSPS) is 14.9. The maximum absolute atomic E-state index is 5.06. The number of rotatable bonds is 1. The van der Waals surface area contributed by atoms with E-state index in [4.69, 9.17) is 4.98 Å². The van der Waals surface area contributed by atoms with Gasteiger partial charge in [-0.25, -0.2) is 4.98 Å². The maximum atomic E-state index is 5.06. The second-order valence-electron chi connectivity index (χ2n) is 6.68. The molecule has 5 nitrogen and oxygen atoms in total. The Morgan fingerprint density at radius 3 is 2.58 bits per heavy atom. The quantitative estimate of drug-likeness (QED) is 0.520. The highest BCUT2D eigenvalue weighted by Crippen LogP contribution is 2.37. The number of benzene rings is 1. The molecule has 120 valence electrons. The molecule has 0 atom stereocenters. The van der Waals surface area contributed by atoms with Gasteiger partial charge in [0.1, 0.15) is 0 Å². The predicted octanol–water partition coefficient (Wildman–Crippen LogP) is 4.08. The molecule has 4 aromatic rings. The summed E-state index contributed by atoms with van der Waals surface area (Å²) in [6.07, 6.45) is 9.80. The topological polar surface area (TPSA) is 70.2 Å². The van der Waals surface area contributed by atoms with Crippen molar-refractivity contribution in [1.29, 1.82) is 0 Å². The Kier molecular flexibility index (Phi) is 2.95. The van der Waals surface area contributed by atoms with Crippen LogP contribution >= 0.6 is 0 Å². The van der Waals surface area contributed by atoms with Crippen LogP contribution in [0, 0.1) is 6.92 Å². The fourth-order valence-electron chi connectivity index (χ4n) is 4.04.